The van der Waals surface area contributed by atoms with Gasteiger partial charge in [-0.1, -0.05) is 6.07 Å². The highest BCUT2D eigenvalue weighted by atomic mass is 16.6. The fraction of sp³-hybridized carbons (Fsp3) is 0.176. The molecule has 0 unspecified atom stereocenters. The molecule has 0 radical (unpaired) electrons. The molecular weight excluding hydrogens is 312 g/mol. The van der Waals surface area contributed by atoms with Crippen LogP contribution in [0.15, 0.2) is 36.4 Å². The summed E-state index contributed by atoms with van der Waals surface area (Å²) in [6.07, 6.45) is 0. The minimum atomic E-state index is -0.503. The number of anilines is 1. The van der Waals surface area contributed by atoms with E-state index in [4.69, 9.17) is 0 Å². The maximum atomic E-state index is 12.4. The van der Waals surface area contributed by atoms with Crippen LogP contribution in [0.2, 0.25) is 0 Å². The largest absolute Gasteiger partial charge is 0.465 e. The van der Waals surface area contributed by atoms with Crippen LogP contribution in [0.3, 0.4) is 0 Å². The molecule has 0 atom stereocenters. The van der Waals surface area contributed by atoms with Gasteiger partial charge in [0.1, 0.15) is 0 Å². The van der Waals surface area contributed by atoms with E-state index in [-0.39, 0.29) is 5.69 Å². The van der Waals surface area contributed by atoms with Crippen molar-refractivity contribution in [1.82, 2.24) is 0 Å². The predicted octanol–water partition coefficient (Wildman–Crippen LogP) is 3.25. The van der Waals surface area contributed by atoms with E-state index in [2.05, 4.69) is 10.1 Å². The van der Waals surface area contributed by atoms with Crippen LogP contribution in [0.5, 0.6) is 0 Å². The van der Waals surface area contributed by atoms with E-state index in [9.17, 15) is 19.7 Å². The first-order chi connectivity index (χ1) is 11.3. The van der Waals surface area contributed by atoms with Crippen molar-refractivity contribution in [2.24, 2.45) is 0 Å². The van der Waals surface area contributed by atoms with Crippen molar-refractivity contribution in [3.8, 4) is 0 Å². The molecule has 24 heavy (non-hydrogen) atoms. The highest BCUT2D eigenvalue weighted by Crippen LogP contribution is 2.21. The van der Waals surface area contributed by atoms with Crippen molar-refractivity contribution in [3.05, 3.63) is 68.8 Å². The number of ether oxygens (including phenoxy) is 1. The number of hydrogen-bond acceptors (Lipinski definition) is 5. The summed E-state index contributed by atoms with van der Waals surface area (Å²) in [6, 6.07) is 8.96. The van der Waals surface area contributed by atoms with Gasteiger partial charge in [-0.15, -0.1) is 0 Å². The number of nitrogens with one attached hydrogen (secondary N) is 1. The van der Waals surface area contributed by atoms with Crippen LogP contribution >= 0.6 is 0 Å². The van der Waals surface area contributed by atoms with E-state index in [1.807, 2.05) is 0 Å². The van der Waals surface area contributed by atoms with Crippen molar-refractivity contribution >= 4 is 23.3 Å². The Morgan fingerprint density at radius 3 is 2.29 bits per heavy atom. The minimum absolute atomic E-state index is 0.0459. The third kappa shape index (κ3) is 3.57. The van der Waals surface area contributed by atoms with E-state index in [0.29, 0.717) is 22.4 Å². The number of nitrogens with zero attached hydrogens (tertiary/aromatic N) is 1. The van der Waals surface area contributed by atoms with Crippen LogP contribution < -0.4 is 5.32 Å². The lowest BCUT2D eigenvalue weighted by atomic mass is 10.1. The standard InChI is InChI=1S/C17H16N2O5/c1-10-4-5-13(17(21)24-3)9-14(10)18-16(20)12-6-7-15(19(22)23)11(2)8-12/h4-9H,1-3H3,(H,18,20). The Labute approximate surface area is 138 Å². The zero-order chi connectivity index (χ0) is 17.9. The number of hydrogen-bond donors (Lipinski definition) is 1. The first-order valence-corrected chi connectivity index (χ1v) is 7.09. The Balaban J connectivity index is 2.28. The normalized spacial score (nSPS) is 10.1. The van der Waals surface area contributed by atoms with Crippen LogP contribution in [0.25, 0.3) is 0 Å². The van der Waals surface area contributed by atoms with E-state index >= 15 is 0 Å². The van der Waals surface area contributed by atoms with Gasteiger partial charge in [-0.05, 0) is 43.7 Å². The third-order valence-electron chi connectivity index (χ3n) is 3.56. The van der Waals surface area contributed by atoms with E-state index in [1.165, 1.54) is 31.4 Å². The molecule has 2 aromatic rings. The number of rotatable bonds is 4. The molecule has 0 aliphatic carbocycles. The van der Waals surface area contributed by atoms with Gasteiger partial charge in [-0.2, -0.15) is 0 Å². The van der Waals surface area contributed by atoms with Crippen LogP contribution in [-0.4, -0.2) is 23.9 Å². The highest BCUT2D eigenvalue weighted by Gasteiger charge is 2.15. The number of esters is 1. The van der Waals surface area contributed by atoms with Crippen molar-refractivity contribution in [2.45, 2.75) is 13.8 Å². The summed E-state index contributed by atoms with van der Waals surface area (Å²) in [7, 11) is 1.28. The van der Waals surface area contributed by atoms with E-state index in [0.717, 1.165) is 5.56 Å². The van der Waals surface area contributed by atoms with Gasteiger partial charge in [0.2, 0.25) is 0 Å². The van der Waals surface area contributed by atoms with Crippen molar-refractivity contribution in [3.63, 3.8) is 0 Å². The van der Waals surface area contributed by atoms with Gasteiger partial charge in [0.15, 0.2) is 0 Å². The van der Waals surface area contributed by atoms with Gasteiger partial charge in [-0.25, -0.2) is 4.79 Å². The molecule has 124 valence electrons. The van der Waals surface area contributed by atoms with Crippen LogP contribution in [0.1, 0.15) is 31.8 Å². The molecule has 7 heteroatoms. The van der Waals surface area contributed by atoms with Gasteiger partial charge in [0, 0.05) is 22.9 Å². The molecule has 0 saturated heterocycles. The van der Waals surface area contributed by atoms with E-state index < -0.39 is 16.8 Å². The first kappa shape index (κ1) is 17.1. The van der Waals surface area contributed by atoms with Crippen LogP contribution in [0, 0.1) is 24.0 Å². The second-order valence-corrected chi connectivity index (χ2v) is 5.23. The maximum absolute atomic E-state index is 12.4. The Morgan fingerprint density at radius 2 is 1.71 bits per heavy atom. The number of benzene rings is 2. The summed E-state index contributed by atoms with van der Waals surface area (Å²) < 4.78 is 4.66. The summed E-state index contributed by atoms with van der Waals surface area (Å²) in [5.74, 6) is -0.921. The molecule has 7 nitrogen and oxygen atoms in total. The molecule has 0 aromatic heterocycles. The maximum Gasteiger partial charge on any atom is 0.337 e. The number of nitro benzene ring substituents is 1. The van der Waals surface area contributed by atoms with Gasteiger partial charge in [0.05, 0.1) is 17.6 Å². The van der Waals surface area contributed by atoms with Crippen molar-refractivity contribution in [1.29, 1.82) is 0 Å². The molecular formula is C17H16N2O5. The molecule has 0 aliphatic heterocycles. The number of nitro groups is 1. The van der Waals surface area contributed by atoms with Gasteiger partial charge < -0.3 is 10.1 Å². The molecule has 2 rings (SSSR count). The summed E-state index contributed by atoms with van der Waals surface area (Å²) in [6.45, 7) is 3.36. The zero-order valence-corrected chi connectivity index (χ0v) is 13.5. The lowest BCUT2D eigenvalue weighted by molar-refractivity contribution is -0.385. The average molecular weight is 328 g/mol. The smallest absolute Gasteiger partial charge is 0.337 e. The third-order valence-corrected chi connectivity index (χ3v) is 3.56. The number of carbonyl (C=O) groups excluding carboxylic acids is 2. The van der Waals surface area contributed by atoms with Gasteiger partial charge in [0.25, 0.3) is 11.6 Å². The fourth-order valence-corrected chi connectivity index (χ4v) is 2.20. The molecule has 0 spiro atoms. The summed E-state index contributed by atoms with van der Waals surface area (Å²) in [5, 5.41) is 13.5. The Morgan fingerprint density at radius 1 is 1.04 bits per heavy atom. The van der Waals surface area contributed by atoms with Gasteiger partial charge in [-0.3, -0.25) is 14.9 Å². The Bertz CT molecular complexity index is 830. The zero-order valence-electron chi connectivity index (χ0n) is 13.5. The molecule has 0 fully saturated rings. The highest BCUT2D eigenvalue weighted by molar-refractivity contribution is 6.05. The number of aryl methyl sites for hydroxylation is 2. The average Bonchev–Trinajstić information content (AvgIpc) is 2.55. The molecule has 0 heterocycles. The Hall–Kier alpha value is -3.22. The molecule has 0 bridgehead atoms. The fourth-order valence-electron chi connectivity index (χ4n) is 2.20. The minimum Gasteiger partial charge on any atom is -0.465 e. The molecule has 0 saturated carbocycles. The first-order valence-electron chi connectivity index (χ1n) is 7.09. The molecule has 1 N–H and O–H groups in total. The van der Waals surface area contributed by atoms with Crippen molar-refractivity contribution in [2.75, 3.05) is 12.4 Å². The van der Waals surface area contributed by atoms with E-state index in [1.54, 1.807) is 26.0 Å². The summed E-state index contributed by atoms with van der Waals surface area (Å²) in [4.78, 5) is 34.3. The summed E-state index contributed by atoms with van der Waals surface area (Å²) in [5.41, 5.74) is 2.20. The number of carbonyl (C=O) groups is 2. The van der Waals surface area contributed by atoms with Crippen molar-refractivity contribution < 1.29 is 19.2 Å². The molecule has 1 amide bonds. The monoisotopic (exact) mass is 328 g/mol. The Kier molecular flexibility index (Phi) is 4.93. The topological polar surface area (TPSA) is 98.5 Å². The lowest BCUT2D eigenvalue weighted by Gasteiger charge is -2.10. The quantitative estimate of drug-likeness (QED) is 0.527. The summed E-state index contributed by atoms with van der Waals surface area (Å²) >= 11 is 0. The lowest BCUT2D eigenvalue weighted by Crippen LogP contribution is -2.14. The van der Waals surface area contributed by atoms with Crippen LogP contribution in [0.4, 0.5) is 11.4 Å². The molecule has 2 aromatic carbocycles. The second kappa shape index (κ2) is 6.91. The second-order valence-electron chi connectivity index (χ2n) is 5.23. The SMILES string of the molecule is COC(=O)c1ccc(C)c(NC(=O)c2ccc([N+](=O)[O-])c(C)c2)c1. The van der Waals surface area contributed by atoms with Crippen LogP contribution in [-0.2, 0) is 4.74 Å². The number of amides is 1. The number of methoxy groups -OCH3 is 1. The predicted molar refractivity (Wildman–Crippen MR) is 88.3 cm³/mol. The van der Waals surface area contributed by atoms with Gasteiger partial charge >= 0.3 is 5.97 Å². The molecule has 0 aliphatic rings.